The highest BCUT2D eigenvalue weighted by Crippen LogP contribution is 2.20. The summed E-state index contributed by atoms with van der Waals surface area (Å²) in [4.78, 5) is 134. The molecule has 1 saturated heterocycles. The van der Waals surface area contributed by atoms with Crippen LogP contribution in [0.4, 0.5) is 0 Å². The van der Waals surface area contributed by atoms with Crippen molar-refractivity contribution in [1.82, 2.24) is 52.1 Å². The number of nitrogens with two attached hydrogens (primary N) is 3. The number of imidazole rings is 1. The molecule has 1 aromatic carbocycles. The fourth-order valence-electron chi connectivity index (χ4n) is 8.23. The number of rotatable bonds is 31. The number of guanidine groups is 1. The number of carbonyl (C=O) groups is 9. The molecule has 1 aliphatic rings. The summed E-state index contributed by atoms with van der Waals surface area (Å²) in [5, 5.41) is 48.3. The van der Waals surface area contributed by atoms with E-state index in [1.807, 2.05) is 0 Å². The van der Waals surface area contributed by atoms with Gasteiger partial charge in [-0.15, -0.1) is 0 Å². The number of aliphatic hydroxyl groups excluding tert-OH is 2. The van der Waals surface area contributed by atoms with Gasteiger partial charge < -0.3 is 79.6 Å². The van der Waals surface area contributed by atoms with Crippen molar-refractivity contribution in [3.05, 3.63) is 54.1 Å². The summed E-state index contributed by atoms with van der Waals surface area (Å²) in [6.45, 7) is 8.80. The van der Waals surface area contributed by atoms with Crippen LogP contribution >= 0.6 is 0 Å². The summed E-state index contributed by atoms with van der Waals surface area (Å²) >= 11 is 0. The number of benzene rings is 1. The minimum Gasteiger partial charge on any atom is -0.480 e. The van der Waals surface area contributed by atoms with E-state index in [4.69, 9.17) is 17.2 Å². The number of aliphatic carboxylic acids is 1. The molecule has 1 aromatic heterocycles. The van der Waals surface area contributed by atoms with Crippen molar-refractivity contribution in [2.75, 3.05) is 26.3 Å². The van der Waals surface area contributed by atoms with Gasteiger partial charge in [0, 0.05) is 37.8 Å². The monoisotopic (exact) mass is 1050 g/mol. The lowest BCUT2D eigenvalue weighted by Gasteiger charge is -2.31. The topological polar surface area (TPSA) is 421 Å². The van der Waals surface area contributed by atoms with E-state index in [-0.39, 0.29) is 69.4 Å². The van der Waals surface area contributed by atoms with Crippen molar-refractivity contribution in [2.45, 2.75) is 147 Å². The molecule has 0 saturated carbocycles. The van der Waals surface area contributed by atoms with Crippen LogP contribution in [0.3, 0.4) is 0 Å². The van der Waals surface area contributed by atoms with Crippen molar-refractivity contribution in [3.8, 4) is 0 Å². The summed E-state index contributed by atoms with van der Waals surface area (Å²) < 4.78 is 0. The van der Waals surface area contributed by atoms with E-state index in [0.717, 1.165) is 4.90 Å². The van der Waals surface area contributed by atoms with Crippen LogP contribution in [-0.4, -0.2) is 170 Å². The molecular formula is C49H78N14O12. The molecule has 1 aliphatic heterocycles. The Morgan fingerprint density at radius 1 is 0.707 bits per heavy atom. The number of aliphatic imine (C=N–C) groups is 1. The van der Waals surface area contributed by atoms with Gasteiger partial charge in [-0.2, -0.15) is 0 Å². The lowest BCUT2D eigenvalue weighted by atomic mass is 10.00. The summed E-state index contributed by atoms with van der Waals surface area (Å²) in [6, 6.07) is -3.15. The summed E-state index contributed by atoms with van der Waals surface area (Å²) in [5.74, 6) is -8.70. The van der Waals surface area contributed by atoms with E-state index in [1.54, 1.807) is 71.9 Å². The molecule has 2 aromatic rings. The van der Waals surface area contributed by atoms with E-state index in [1.165, 1.54) is 12.5 Å². The van der Waals surface area contributed by atoms with Crippen molar-refractivity contribution >= 4 is 59.2 Å². The standard InChI is InChI=1S/C49H78N14O12/c1-26(2)18-32(56-40(66)31(50)14-10-16-54-49(51)52)42(68)60-36(23-64)45(71)61-37(24-65)47(73)63-17-11-15-38(63)46(72)59-33(19-27(3)4)41(67)58-35(21-30-22-53-25-55-30)43(69)57-34(20-29-12-8-7-9-13-29)44(70)62-39(28(5)6)48(74)75/h7-9,12-13,22,25-28,31-39,64-65H,10-11,14-21,23-24,50H2,1-6H3,(H,53,55)(H,56,66)(H,57,69)(H,58,67)(H,59,72)(H,60,68)(H,61,71)(H,62,70)(H,74,75)(H4,51,52,54)/t31-,32-,33-,34-,35-,36-,37-,38-,39-/m0/s1. The number of likely N-dealkylation sites (tertiary alicyclic amines) is 1. The van der Waals surface area contributed by atoms with Gasteiger partial charge in [-0.1, -0.05) is 71.9 Å². The minimum atomic E-state index is -1.65. The van der Waals surface area contributed by atoms with E-state index >= 15 is 0 Å². The van der Waals surface area contributed by atoms with Crippen LogP contribution in [0.5, 0.6) is 0 Å². The first-order valence-electron chi connectivity index (χ1n) is 25.2. The van der Waals surface area contributed by atoms with E-state index < -0.39 is 127 Å². The third kappa shape index (κ3) is 20.6. The molecule has 2 heterocycles. The zero-order chi connectivity index (χ0) is 55.9. The second-order valence-corrected chi connectivity index (χ2v) is 19.8. The highest BCUT2D eigenvalue weighted by Gasteiger charge is 2.40. The highest BCUT2D eigenvalue weighted by molar-refractivity contribution is 5.98. The summed E-state index contributed by atoms with van der Waals surface area (Å²) in [5.41, 5.74) is 17.8. The predicted octanol–water partition coefficient (Wildman–Crippen LogP) is -3.22. The Labute approximate surface area is 436 Å². The largest absolute Gasteiger partial charge is 0.480 e. The second kappa shape index (κ2) is 30.9. The number of carboxylic acids is 1. The van der Waals surface area contributed by atoms with Crippen molar-refractivity contribution in [1.29, 1.82) is 0 Å². The second-order valence-electron chi connectivity index (χ2n) is 19.8. The number of aromatic nitrogens is 2. The lowest BCUT2D eigenvalue weighted by molar-refractivity contribution is -0.144. The molecule has 0 aliphatic carbocycles. The Kier molecular flexibility index (Phi) is 25.6. The molecule has 1 fully saturated rings. The third-order valence-corrected chi connectivity index (χ3v) is 12.2. The maximum atomic E-state index is 14.3. The summed E-state index contributed by atoms with van der Waals surface area (Å²) in [7, 11) is 0. The van der Waals surface area contributed by atoms with Gasteiger partial charge >= 0.3 is 5.97 Å². The van der Waals surface area contributed by atoms with Gasteiger partial charge in [-0.05, 0) is 61.8 Å². The molecule has 26 nitrogen and oxygen atoms in total. The fraction of sp³-hybridized carbons (Fsp3) is 0.612. The van der Waals surface area contributed by atoms with Crippen molar-refractivity contribution < 1.29 is 58.5 Å². The number of nitrogens with zero attached hydrogens (tertiary/aromatic N) is 3. The quantitative estimate of drug-likeness (QED) is 0.0201. The number of hydrogen-bond donors (Lipinski definition) is 14. The first kappa shape index (κ1) is 62.1. The molecule has 3 rings (SSSR count). The number of aliphatic hydroxyl groups is 2. The van der Waals surface area contributed by atoms with Gasteiger partial charge in [0.1, 0.15) is 48.3 Å². The molecule has 0 unspecified atom stereocenters. The Hall–Kier alpha value is -7.19. The Morgan fingerprint density at radius 3 is 1.76 bits per heavy atom. The molecule has 0 radical (unpaired) electrons. The van der Waals surface area contributed by atoms with Gasteiger partial charge in [0.2, 0.25) is 47.3 Å². The van der Waals surface area contributed by atoms with Crippen molar-refractivity contribution in [3.63, 3.8) is 0 Å². The highest BCUT2D eigenvalue weighted by atomic mass is 16.4. The van der Waals surface area contributed by atoms with Crippen LogP contribution in [-0.2, 0) is 56.0 Å². The number of H-pyrrole nitrogens is 1. The zero-order valence-electron chi connectivity index (χ0n) is 43.5. The van der Waals surface area contributed by atoms with Crippen LogP contribution < -0.4 is 54.4 Å². The molecular weight excluding hydrogens is 977 g/mol. The lowest BCUT2D eigenvalue weighted by Crippen LogP contribution is -2.61. The molecule has 0 bridgehead atoms. The average molecular weight is 1060 g/mol. The molecule has 75 heavy (non-hydrogen) atoms. The molecule has 0 spiro atoms. The average Bonchev–Trinajstić information content (AvgIpc) is 4.07. The zero-order valence-corrected chi connectivity index (χ0v) is 43.5. The molecule has 9 atom stereocenters. The van der Waals surface area contributed by atoms with Gasteiger partial charge in [0.05, 0.1) is 25.6 Å². The third-order valence-electron chi connectivity index (χ3n) is 12.2. The van der Waals surface area contributed by atoms with Gasteiger partial charge in [-0.3, -0.25) is 43.3 Å². The first-order valence-corrected chi connectivity index (χ1v) is 25.2. The molecule has 17 N–H and O–H groups in total. The van der Waals surface area contributed by atoms with Crippen LogP contribution in [0.15, 0.2) is 47.8 Å². The van der Waals surface area contributed by atoms with Gasteiger partial charge in [-0.25, -0.2) is 9.78 Å². The van der Waals surface area contributed by atoms with Crippen molar-refractivity contribution in [2.24, 2.45) is 39.9 Å². The van der Waals surface area contributed by atoms with E-state index in [2.05, 4.69) is 52.2 Å². The molecule has 8 amide bonds. The normalized spacial score (nSPS) is 16.5. The van der Waals surface area contributed by atoms with Gasteiger partial charge in [0.25, 0.3) is 0 Å². The number of amides is 8. The van der Waals surface area contributed by atoms with Crippen LogP contribution in [0.25, 0.3) is 0 Å². The number of aromatic amines is 1. The molecule has 416 valence electrons. The van der Waals surface area contributed by atoms with Crippen LogP contribution in [0, 0.1) is 17.8 Å². The number of nitrogens with one attached hydrogen (secondary N) is 8. The first-order chi connectivity index (χ1) is 35.4. The number of hydrogen-bond acceptors (Lipinski definition) is 14. The Balaban J connectivity index is 1.77. The molecule has 26 heteroatoms. The SMILES string of the molecule is CC(C)C[C@H](NC(=O)[C@@H](N)CCCN=C(N)N)C(=O)N[C@@H](CO)C(=O)N[C@@H](CO)C(=O)N1CCC[C@H]1C(=O)N[C@@H](CC(C)C)C(=O)N[C@@H](Cc1cnc[nH]1)C(=O)N[C@@H](Cc1ccccc1)C(=O)N[C@H](C(=O)O)C(C)C. The number of carbonyl (C=O) groups excluding carboxylic acids is 8. The Morgan fingerprint density at radius 2 is 1.23 bits per heavy atom. The van der Waals surface area contributed by atoms with Crippen LogP contribution in [0.2, 0.25) is 0 Å². The minimum absolute atomic E-state index is 0.0199. The maximum absolute atomic E-state index is 14.3. The smallest absolute Gasteiger partial charge is 0.326 e. The van der Waals surface area contributed by atoms with E-state index in [9.17, 15) is 58.5 Å². The van der Waals surface area contributed by atoms with E-state index in [0.29, 0.717) is 24.1 Å². The van der Waals surface area contributed by atoms with Gasteiger partial charge in [0.15, 0.2) is 5.96 Å². The van der Waals surface area contributed by atoms with Crippen LogP contribution in [0.1, 0.15) is 91.3 Å². The fourth-order valence-corrected chi connectivity index (χ4v) is 8.23. The predicted molar refractivity (Wildman–Crippen MR) is 274 cm³/mol. The maximum Gasteiger partial charge on any atom is 0.326 e. The summed E-state index contributed by atoms with van der Waals surface area (Å²) in [6.07, 6.45) is 3.86. The number of carboxylic acid groups (broad SMARTS) is 1. The Bertz CT molecular complexity index is 2240.